The van der Waals surface area contributed by atoms with Gasteiger partial charge in [-0.1, -0.05) is 13.8 Å². The molecular formula is C10H16N2O2. The van der Waals surface area contributed by atoms with Crippen LogP contribution in [0, 0.1) is 5.92 Å². The molecule has 0 aliphatic rings. The fraction of sp³-hybridized carbons (Fsp3) is 0.400. The van der Waals surface area contributed by atoms with Gasteiger partial charge in [-0.05, 0) is 24.6 Å². The van der Waals surface area contributed by atoms with Crippen molar-refractivity contribution in [1.82, 2.24) is 4.98 Å². The molecule has 0 spiro atoms. The third-order valence-corrected chi connectivity index (χ3v) is 1.38. The van der Waals surface area contributed by atoms with E-state index in [1.54, 1.807) is 6.07 Å². The lowest BCUT2D eigenvalue weighted by atomic mass is 10.2. The summed E-state index contributed by atoms with van der Waals surface area (Å²) in [7, 11) is 0. The molecule has 14 heavy (non-hydrogen) atoms. The van der Waals surface area contributed by atoms with Gasteiger partial charge in [0.1, 0.15) is 0 Å². The summed E-state index contributed by atoms with van der Waals surface area (Å²) in [6, 6.07) is 3.08. The zero-order chi connectivity index (χ0) is 11.0. The maximum Gasteiger partial charge on any atom is 0.337 e. The van der Waals surface area contributed by atoms with E-state index in [0.717, 1.165) is 6.54 Å². The van der Waals surface area contributed by atoms with E-state index in [9.17, 15) is 4.79 Å². The number of aromatic nitrogens is 1. The van der Waals surface area contributed by atoms with Gasteiger partial charge in [-0.3, -0.25) is 4.98 Å². The predicted octanol–water partition coefficient (Wildman–Crippen LogP) is 1.38. The first kappa shape index (κ1) is 12.6. The van der Waals surface area contributed by atoms with Gasteiger partial charge in [-0.2, -0.15) is 0 Å². The molecule has 0 atom stereocenters. The SMILES string of the molecule is CC(C)CN.O=C(O)c1cccnc1. The van der Waals surface area contributed by atoms with Crippen LogP contribution in [0.25, 0.3) is 0 Å². The standard InChI is InChI=1S/C6H5NO2.C4H11N/c8-6(9)5-2-1-3-7-4-5;1-4(2)3-5/h1-4H,(H,8,9);4H,3,5H2,1-2H3. The topological polar surface area (TPSA) is 76.2 Å². The van der Waals surface area contributed by atoms with Gasteiger partial charge in [0, 0.05) is 12.4 Å². The zero-order valence-electron chi connectivity index (χ0n) is 8.47. The highest BCUT2D eigenvalue weighted by molar-refractivity contribution is 5.86. The Labute approximate surface area is 83.8 Å². The third-order valence-electron chi connectivity index (χ3n) is 1.38. The van der Waals surface area contributed by atoms with Gasteiger partial charge in [-0.15, -0.1) is 0 Å². The number of nitrogens with two attached hydrogens (primary N) is 1. The molecule has 1 aromatic heterocycles. The Morgan fingerprint density at radius 3 is 2.43 bits per heavy atom. The molecular weight excluding hydrogens is 180 g/mol. The van der Waals surface area contributed by atoms with E-state index in [1.807, 2.05) is 0 Å². The van der Waals surface area contributed by atoms with E-state index >= 15 is 0 Å². The van der Waals surface area contributed by atoms with Crippen LogP contribution in [0.4, 0.5) is 0 Å². The Hall–Kier alpha value is -1.42. The molecule has 0 fully saturated rings. The fourth-order valence-electron chi connectivity index (χ4n) is 0.489. The van der Waals surface area contributed by atoms with Crippen molar-refractivity contribution in [2.45, 2.75) is 13.8 Å². The average molecular weight is 196 g/mol. The number of rotatable bonds is 2. The van der Waals surface area contributed by atoms with Crippen LogP contribution in [0.2, 0.25) is 0 Å². The summed E-state index contributed by atoms with van der Waals surface area (Å²) < 4.78 is 0. The highest BCUT2D eigenvalue weighted by atomic mass is 16.4. The Morgan fingerprint density at radius 1 is 1.64 bits per heavy atom. The summed E-state index contributed by atoms with van der Waals surface area (Å²) in [5, 5.41) is 8.34. The first-order valence-corrected chi connectivity index (χ1v) is 4.41. The lowest BCUT2D eigenvalue weighted by molar-refractivity contribution is 0.0696. The number of nitrogens with zero attached hydrogens (tertiary/aromatic N) is 1. The van der Waals surface area contributed by atoms with Crippen LogP contribution in [0.5, 0.6) is 0 Å². The molecule has 0 aliphatic carbocycles. The average Bonchev–Trinajstić information content (AvgIpc) is 2.20. The lowest BCUT2D eigenvalue weighted by Crippen LogP contribution is -2.05. The van der Waals surface area contributed by atoms with Crippen LogP contribution in [0.3, 0.4) is 0 Å². The van der Waals surface area contributed by atoms with Crippen molar-refractivity contribution in [2.24, 2.45) is 11.7 Å². The summed E-state index contributed by atoms with van der Waals surface area (Å²) >= 11 is 0. The molecule has 0 saturated carbocycles. The van der Waals surface area contributed by atoms with Gasteiger partial charge in [0.2, 0.25) is 0 Å². The molecule has 0 radical (unpaired) electrons. The Kier molecular flexibility index (Phi) is 6.32. The molecule has 0 bridgehead atoms. The number of pyridine rings is 1. The van der Waals surface area contributed by atoms with Crippen molar-refractivity contribution >= 4 is 5.97 Å². The monoisotopic (exact) mass is 196 g/mol. The lowest BCUT2D eigenvalue weighted by Gasteiger charge is -1.91. The maximum atomic E-state index is 10.2. The third kappa shape index (κ3) is 6.14. The van der Waals surface area contributed by atoms with E-state index in [-0.39, 0.29) is 5.56 Å². The van der Waals surface area contributed by atoms with Crippen LogP contribution in [-0.4, -0.2) is 22.6 Å². The van der Waals surface area contributed by atoms with Crippen molar-refractivity contribution in [3.05, 3.63) is 30.1 Å². The molecule has 0 amide bonds. The summed E-state index contributed by atoms with van der Waals surface area (Å²) in [5.74, 6) is -0.280. The van der Waals surface area contributed by atoms with Gasteiger partial charge in [-0.25, -0.2) is 4.79 Å². The number of hydrogen-bond donors (Lipinski definition) is 2. The van der Waals surface area contributed by atoms with E-state index in [2.05, 4.69) is 18.8 Å². The molecule has 0 aromatic carbocycles. The highest BCUT2D eigenvalue weighted by Crippen LogP contribution is 1.92. The second-order valence-electron chi connectivity index (χ2n) is 3.18. The smallest absolute Gasteiger partial charge is 0.337 e. The fourth-order valence-corrected chi connectivity index (χ4v) is 0.489. The quantitative estimate of drug-likeness (QED) is 0.749. The highest BCUT2D eigenvalue weighted by Gasteiger charge is 1.97. The van der Waals surface area contributed by atoms with Gasteiger partial charge in [0.15, 0.2) is 0 Å². The maximum absolute atomic E-state index is 10.2. The van der Waals surface area contributed by atoms with E-state index < -0.39 is 5.97 Å². The van der Waals surface area contributed by atoms with Gasteiger partial charge < -0.3 is 10.8 Å². The predicted molar refractivity (Wildman–Crippen MR) is 55.1 cm³/mol. The van der Waals surface area contributed by atoms with Crippen LogP contribution in [-0.2, 0) is 0 Å². The molecule has 1 heterocycles. The zero-order valence-corrected chi connectivity index (χ0v) is 8.47. The number of carbonyl (C=O) groups is 1. The normalized spacial score (nSPS) is 9.14. The minimum absolute atomic E-state index is 0.220. The number of carboxylic acid groups (broad SMARTS) is 1. The molecule has 4 heteroatoms. The molecule has 1 aromatic rings. The van der Waals surface area contributed by atoms with Crippen molar-refractivity contribution in [3.8, 4) is 0 Å². The van der Waals surface area contributed by atoms with Crippen LogP contribution < -0.4 is 5.73 Å². The number of hydrogen-bond acceptors (Lipinski definition) is 3. The van der Waals surface area contributed by atoms with E-state index in [0.29, 0.717) is 5.92 Å². The molecule has 78 valence electrons. The van der Waals surface area contributed by atoms with Crippen LogP contribution >= 0.6 is 0 Å². The van der Waals surface area contributed by atoms with E-state index in [4.69, 9.17) is 10.8 Å². The number of aromatic carboxylic acids is 1. The van der Waals surface area contributed by atoms with E-state index in [1.165, 1.54) is 18.5 Å². The summed E-state index contributed by atoms with van der Waals surface area (Å²) in [6.45, 7) is 5.00. The Balaban J connectivity index is 0.000000292. The Bertz CT molecular complexity index is 260. The van der Waals surface area contributed by atoms with Crippen LogP contribution in [0.15, 0.2) is 24.5 Å². The van der Waals surface area contributed by atoms with Gasteiger partial charge in [0.05, 0.1) is 5.56 Å². The minimum Gasteiger partial charge on any atom is -0.478 e. The van der Waals surface area contributed by atoms with Crippen LogP contribution in [0.1, 0.15) is 24.2 Å². The summed E-state index contributed by atoms with van der Waals surface area (Å²) in [6.07, 6.45) is 2.84. The molecule has 1 rings (SSSR count). The first-order valence-electron chi connectivity index (χ1n) is 4.41. The van der Waals surface area contributed by atoms with Gasteiger partial charge in [0.25, 0.3) is 0 Å². The summed E-state index contributed by atoms with van der Waals surface area (Å²) in [4.78, 5) is 13.8. The minimum atomic E-state index is -0.942. The first-order chi connectivity index (χ1) is 6.57. The van der Waals surface area contributed by atoms with Gasteiger partial charge >= 0.3 is 5.97 Å². The molecule has 0 aliphatic heterocycles. The van der Waals surface area contributed by atoms with Crippen molar-refractivity contribution < 1.29 is 9.90 Å². The molecule has 3 N–H and O–H groups in total. The van der Waals surface area contributed by atoms with Crippen molar-refractivity contribution in [3.63, 3.8) is 0 Å². The molecule has 4 nitrogen and oxygen atoms in total. The van der Waals surface area contributed by atoms with Crippen molar-refractivity contribution in [2.75, 3.05) is 6.54 Å². The molecule has 0 saturated heterocycles. The molecule has 0 unspecified atom stereocenters. The number of carboxylic acids is 1. The Morgan fingerprint density at radius 2 is 2.21 bits per heavy atom. The largest absolute Gasteiger partial charge is 0.478 e. The van der Waals surface area contributed by atoms with Crippen molar-refractivity contribution in [1.29, 1.82) is 0 Å². The second-order valence-corrected chi connectivity index (χ2v) is 3.18. The summed E-state index contributed by atoms with van der Waals surface area (Å²) in [5.41, 5.74) is 5.39. The second kappa shape index (κ2) is 7.03.